The molecular weight excluding hydrogens is 198 g/mol. The van der Waals surface area contributed by atoms with E-state index < -0.39 is 12.6 Å². The zero-order chi connectivity index (χ0) is 11.3. The minimum atomic E-state index is -1.08. The average molecular weight is 207 g/mol. The maximum absolute atomic E-state index is 10.1. The van der Waals surface area contributed by atoms with Crippen molar-refractivity contribution < 1.29 is 14.7 Å². The summed E-state index contributed by atoms with van der Waals surface area (Å²) in [7, 11) is 0. The van der Waals surface area contributed by atoms with Crippen molar-refractivity contribution in [1.29, 1.82) is 5.26 Å². The SMILES string of the molecule is Cc1cc(NOCC(=O)O)cc(C#N)n1. The molecule has 0 fully saturated rings. The van der Waals surface area contributed by atoms with Crippen molar-refractivity contribution in [1.82, 2.24) is 4.98 Å². The van der Waals surface area contributed by atoms with Gasteiger partial charge in [0, 0.05) is 11.8 Å². The molecule has 0 bridgehead atoms. The first kappa shape index (κ1) is 10.9. The van der Waals surface area contributed by atoms with E-state index in [1.54, 1.807) is 13.0 Å². The van der Waals surface area contributed by atoms with E-state index in [1.165, 1.54) is 6.07 Å². The van der Waals surface area contributed by atoms with Crippen molar-refractivity contribution >= 4 is 11.7 Å². The van der Waals surface area contributed by atoms with Crippen LogP contribution in [-0.2, 0) is 9.63 Å². The number of aliphatic carboxylic acids is 1. The Morgan fingerprint density at radius 3 is 3.07 bits per heavy atom. The van der Waals surface area contributed by atoms with Gasteiger partial charge in [-0.1, -0.05) is 0 Å². The van der Waals surface area contributed by atoms with Gasteiger partial charge in [-0.3, -0.25) is 10.3 Å². The van der Waals surface area contributed by atoms with Crippen molar-refractivity contribution in [2.24, 2.45) is 0 Å². The van der Waals surface area contributed by atoms with E-state index in [2.05, 4.69) is 15.3 Å². The van der Waals surface area contributed by atoms with Crippen LogP contribution < -0.4 is 5.48 Å². The fourth-order valence-corrected chi connectivity index (χ4v) is 0.966. The highest BCUT2D eigenvalue weighted by Gasteiger charge is 2.00. The molecule has 78 valence electrons. The molecule has 0 aliphatic carbocycles. The predicted octanol–water partition coefficient (Wildman–Crippen LogP) is 0.690. The van der Waals surface area contributed by atoms with Crippen molar-refractivity contribution in [3.05, 3.63) is 23.5 Å². The maximum atomic E-state index is 10.1. The van der Waals surface area contributed by atoms with Crippen molar-refractivity contribution in [2.75, 3.05) is 12.1 Å². The molecule has 0 saturated carbocycles. The minimum absolute atomic E-state index is 0.247. The van der Waals surface area contributed by atoms with Gasteiger partial charge in [0.25, 0.3) is 0 Å². The van der Waals surface area contributed by atoms with Gasteiger partial charge in [0.15, 0.2) is 6.61 Å². The molecule has 1 rings (SSSR count). The van der Waals surface area contributed by atoms with Gasteiger partial charge in [-0.15, -0.1) is 0 Å². The van der Waals surface area contributed by atoms with Gasteiger partial charge >= 0.3 is 5.97 Å². The van der Waals surface area contributed by atoms with Crippen LogP contribution in [0.3, 0.4) is 0 Å². The Morgan fingerprint density at radius 2 is 2.47 bits per heavy atom. The van der Waals surface area contributed by atoms with Crippen LogP contribution >= 0.6 is 0 Å². The number of carboxylic acids is 1. The van der Waals surface area contributed by atoms with Gasteiger partial charge in [0.2, 0.25) is 0 Å². The van der Waals surface area contributed by atoms with E-state index in [-0.39, 0.29) is 5.69 Å². The number of hydrogen-bond acceptors (Lipinski definition) is 5. The van der Waals surface area contributed by atoms with Crippen molar-refractivity contribution in [3.63, 3.8) is 0 Å². The number of nitrogens with one attached hydrogen (secondary N) is 1. The van der Waals surface area contributed by atoms with E-state index in [0.29, 0.717) is 11.4 Å². The number of pyridine rings is 1. The summed E-state index contributed by atoms with van der Waals surface area (Å²) in [6.45, 7) is 1.27. The number of nitrogens with zero attached hydrogens (tertiary/aromatic N) is 2. The third kappa shape index (κ3) is 3.62. The lowest BCUT2D eigenvalue weighted by Crippen LogP contribution is -2.11. The Balaban J connectivity index is 2.65. The first-order chi connectivity index (χ1) is 7.11. The molecule has 1 aromatic heterocycles. The van der Waals surface area contributed by atoms with E-state index in [0.717, 1.165) is 0 Å². The minimum Gasteiger partial charge on any atom is -0.479 e. The standard InChI is InChI=1S/C9H9N3O3/c1-6-2-7(3-8(4-10)11-6)12-15-5-9(13)14/h2-3H,5H2,1H3,(H,11,12)(H,13,14). The smallest absolute Gasteiger partial charge is 0.332 e. The van der Waals surface area contributed by atoms with Gasteiger partial charge in [-0.25, -0.2) is 9.78 Å². The monoisotopic (exact) mass is 207 g/mol. The molecule has 0 aliphatic rings. The topological polar surface area (TPSA) is 95.2 Å². The molecule has 0 atom stereocenters. The third-order valence-corrected chi connectivity index (χ3v) is 1.45. The molecule has 0 unspecified atom stereocenters. The largest absolute Gasteiger partial charge is 0.479 e. The number of hydrogen-bond donors (Lipinski definition) is 2. The fraction of sp³-hybridized carbons (Fsp3) is 0.222. The van der Waals surface area contributed by atoms with Crippen LogP contribution in [0.2, 0.25) is 0 Å². The normalized spacial score (nSPS) is 9.33. The highest BCUT2D eigenvalue weighted by molar-refractivity contribution is 5.68. The molecular formula is C9H9N3O3. The van der Waals surface area contributed by atoms with Gasteiger partial charge in [0.1, 0.15) is 11.8 Å². The predicted molar refractivity (Wildman–Crippen MR) is 50.9 cm³/mol. The van der Waals surface area contributed by atoms with E-state index in [9.17, 15) is 4.79 Å². The molecule has 0 aliphatic heterocycles. The lowest BCUT2D eigenvalue weighted by molar-refractivity contribution is -0.141. The molecule has 0 amide bonds. The second-order valence-electron chi connectivity index (χ2n) is 2.78. The van der Waals surface area contributed by atoms with Crippen LogP contribution in [0.15, 0.2) is 12.1 Å². The third-order valence-electron chi connectivity index (χ3n) is 1.45. The summed E-state index contributed by atoms with van der Waals surface area (Å²) in [4.78, 5) is 18.7. The summed E-state index contributed by atoms with van der Waals surface area (Å²) in [5.41, 5.74) is 3.82. The molecule has 6 nitrogen and oxygen atoms in total. The van der Waals surface area contributed by atoms with E-state index >= 15 is 0 Å². The Hall–Kier alpha value is -2.13. The fourth-order valence-electron chi connectivity index (χ4n) is 0.966. The number of aryl methyl sites for hydroxylation is 1. The first-order valence-electron chi connectivity index (χ1n) is 4.10. The average Bonchev–Trinajstić information content (AvgIpc) is 2.16. The molecule has 2 N–H and O–H groups in total. The van der Waals surface area contributed by atoms with Crippen molar-refractivity contribution in [2.45, 2.75) is 6.92 Å². The van der Waals surface area contributed by atoms with Crippen molar-refractivity contribution in [3.8, 4) is 6.07 Å². The van der Waals surface area contributed by atoms with Gasteiger partial charge < -0.3 is 5.11 Å². The lowest BCUT2D eigenvalue weighted by atomic mass is 10.3. The van der Waals surface area contributed by atoms with Gasteiger partial charge in [0.05, 0.1) is 5.69 Å². The zero-order valence-electron chi connectivity index (χ0n) is 8.02. The number of nitriles is 1. The summed E-state index contributed by atoms with van der Waals surface area (Å²) in [5, 5.41) is 16.9. The van der Waals surface area contributed by atoms with E-state index in [1.807, 2.05) is 6.07 Å². The van der Waals surface area contributed by atoms with Crippen LogP contribution in [0.25, 0.3) is 0 Å². The highest BCUT2D eigenvalue weighted by Crippen LogP contribution is 2.10. The highest BCUT2D eigenvalue weighted by atomic mass is 16.7. The molecule has 1 heterocycles. The van der Waals surface area contributed by atoms with Crippen LogP contribution in [0.5, 0.6) is 0 Å². The maximum Gasteiger partial charge on any atom is 0.332 e. The van der Waals surface area contributed by atoms with E-state index in [4.69, 9.17) is 10.4 Å². The lowest BCUT2D eigenvalue weighted by Gasteiger charge is -2.05. The zero-order valence-corrected chi connectivity index (χ0v) is 8.02. The molecule has 0 saturated heterocycles. The van der Waals surface area contributed by atoms with Gasteiger partial charge in [-0.2, -0.15) is 5.26 Å². The first-order valence-corrected chi connectivity index (χ1v) is 4.10. The Bertz CT molecular complexity index is 412. The second-order valence-corrected chi connectivity index (χ2v) is 2.78. The quantitative estimate of drug-likeness (QED) is 0.705. The summed E-state index contributed by atoms with van der Waals surface area (Å²) < 4.78 is 0. The molecule has 0 spiro atoms. The van der Waals surface area contributed by atoms with Crippen LogP contribution in [0.1, 0.15) is 11.4 Å². The van der Waals surface area contributed by atoms with Gasteiger partial charge in [-0.05, 0) is 13.0 Å². The Morgan fingerprint density at radius 1 is 1.73 bits per heavy atom. The number of rotatable bonds is 4. The molecule has 15 heavy (non-hydrogen) atoms. The Kier molecular flexibility index (Phi) is 3.60. The van der Waals surface area contributed by atoms with Crippen LogP contribution in [-0.4, -0.2) is 22.7 Å². The molecule has 6 heteroatoms. The van der Waals surface area contributed by atoms with Crippen LogP contribution in [0.4, 0.5) is 5.69 Å². The number of carboxylic acid groups (broad SMARTS) is 1. The number of anilines is 1. The number of carbonyl (C=O) groups is 1. The summed E-state index contributed by atoms with van der Waals surface area (Å²) in [5.74, 6) is -1.08. The summed E-state index contributed by atoms with van der Waals surface area (Å²) >= 11 is 0. The summed E-state index contributed by atoms with van der Waals surface area (Å²) in [6.07, 6.45) is 0. The summed E-state index contributed by atoms with van der Waals surface area (Å²) in [6, 6.07) is 4.99. The Labute approximate surface area is 86.1 Å². The molecule has 0 radical (unpaired) electrons. The number of aromatic nitrogens is 1. The molecule has 1 aromatic rings. The second kappa shape index (κ2) is 4.93. The molecule has 0 aromatic carbocycles. The van der Waals surface area contributed by atoms with Crippen LogP contribution in [0, 0.1) is 18.3 Å².